The summed E-state index contributed by atoms with van der Waals surface area (Å²) in [6.45, 7) is 8.29. The van der Waals surface area contributed by atoms with Crippen LogP contribution < -0.4 is 14.8 Å². The molecule has 46 heavy (non-hydrogen) atoms. The molecule has 2 aromatic rings. The van der Waals surface area contributed by atoms with Crippen molar-refractivity contribution in [3.8, 4) is 11.5 Å². The first kappa shape index (κ1) is 35.7. The van der Waals surface area contributed by atoms with Gasteiger partial charge in [-0.2, -0.15) is 0 Å². The van der Waals surface area contributed by atoms with Gasteiger partial charge in [-0.3, -0.25) is 14.5 Å². The standard InChI is InChI=1S/C37H55N3O6/c1-26-22-40(27(2)25-41)37(43)33-21-31(38-36(42)30-12-7-6-8-13-30)16-19-34(33)46-28(3)11-9-10-20-45-35(26)24-39(4)23-29-14-17-32(44-5)18-15-29/h14-19,21,26-28,30,35,41H,6-13,20,22-25H2,1-5H3,(H,38,42)/t26-,27-,28+,35+/m0/s1. The molecule has 1 fully saturated rings. The number of anilines is 1. The number of aliphatic hydroxyl groups excluding tert-OH is 1. The summed E-state index contributed by atoms with van der Waals surface area (Å²) in [5, 5.41) is 13.3. The summed E-state index contributed by atoms with van der Waals surface area (Å²) in [6, 6.07) is 13.0. The van der Waals surface area contributed by atoms with E-state index < -0.39 is 6.04 Å². The summed E-state index contributed by atoms with van der Waals surface area (Å²) in [7, 11) is 3.75. The third-order valence-electron chi connectivity index (χ3n) is 9.40. The van der Waals surface area contributed by atoms with Crippen LogP contribution in [0.3, 0.4) is 0 Å². The lowest BCUT2D eigenvalue weighted by Crippen LogP contribution is -2.47. The fourth-order valence-corrected chi connectivity index (χ4v) is 6.49. The van der Waals surface area contributed by atoms with Gasteiger partial charge in [-0.25, -0.2) is 0 Å². The predicted octanol–water partition coefficient (Wildman–Crippen LogP) is 6.14. The van der Waals surface area contributed by atoms with Gasteiger partial charge in [0.25, 0.3) is 5.91 Å². The zero-order chi connectivity index (χ0) is 33.1. The molecule has 4 rings (SSSR count). The molecule has 0 bridgehead atoms. The minimum Gasteiger partial charge on any atom is -0.497 e. The van der Waals surface area contributed by atoms with Gasteiger partial charge < -0.3 is 29.5 Å². The highest BCUT2D eigenvalue weighted by atomic mass is 16.5. The number of carbonyl (C=O) groups is 2. The molecule has 0 spiro atoms. The number of hydrogen-bond donors (Lipinski definition) is 2. The molecule has 0 saturated heterocycles. The van der Waals surface area contributed by atoms with E-state index in [4.69, 9.17) is 14.2 Å². The molecule has 0 unspecified atom stereocenters. The molecule has 0 radical (unpaired) electrons. The Balaban J connectivity index is 1.57. The van der Waals surface area contributed by atoms with E-state index >= 15 is 0 Å². The third-order valence-corrected chi connectivity index (χ3v) is 9.40. The van der Waals surface area contributed by atoms with Crippen LogP contribution in [0, 0.1) is 11.8 Å². The van der Waals surface area contributed by atoms with Crippen LogP contribution in [0.2, 0.25) is 0 Å². The monoisotopic (exact) mass is 637 g/mol. The lowest BCUT2D eigenvalue weighted by molar-refractivity contribution is -0.120. The first-order chi connectivity index (χ1) is 22.2. The van der Waals surface area contributed by atoms with Crippen LogP contribution in [0.25, 0.3) is 0 Å². The minimum atomic E-state index is -0.425. The van der Waals surface area contributed by atoms with E-state index in [1.165, 1.54) is 12.0 Å². The zero-order valence-electron chi connectivity index (χ0n) is 28.5. The number of benzene rings is 2. The van der Waals surface area contributed by atoms with Crippen LogP contribution in [0.5, 0.6) is 11.5 Å². The number of ether oxygens (including phenoxy) is 3. The molecule has 1 saturated carbocycles. The highest BCUT2D eigenvalue weighted by Crippen LogP contribution is 2.30. The van der Waals surface area contributed by atoms with Gasteiger partial charge in [-0.15, -0.1) is 0 Å². The fraction of sp³-hybridized carbons (Fsp3) is 0.622. The summed E-state index contributed by atoms with van der Waals surface area (Å²) in [5.74, 6) is 1.09. The number of likely N-dealkylation sites (N-methyl/N-ethyl adjacent to an activating group) is 1. The highest BCUT2D eigenvalue weighted by Gasteiger charge is 2.31. The van der Waals surface area contributed by atoms with E-state index in [-0.39, 0.29) is 42.5 Å². The SMILES string of the molecule is COc1ccc(CN(C)C[C@H]2OCCCC[C@@H](C)Oc3ccc(NC(=O)C4CCCCC4)cc3C(=O)N([C@@H](C)CO)C[C@@H]2C)cc1. The Hall–Kier alpha value is -3.14. The second-order valence-electron chi connectivity index (χ2n) is 13.4. The van der Waals surface area contributed by atoms with E-state index in [1.54, 1.807) is 24.1 Å². The quantitative estimate of drug-likeness (QED) is 0.341. The Morgan fingerprint density at radius 1 is 1.07 bits per heavy atom. The number of nitrogens with zero attached hydrogens (tertiary/aromatic N) is 2. The molecule has 1 aliphatic heterocycles. The normalized spacial score (nSPS) is 22.8. The highest BCUT2D eigenvalue weighted by molar-refractivity contribution is 6.00. The van der Waals surface area contributed by atoms with E-state index in [0.29, 0.717) is 36.7 Å². The number of nitrogens with one attached hydrogen (secondary N) is 1. The summed E-state index contributed by atoms with van der Waals surface area (Å²) in [6.07, 6.45) is 7.56. The number of rotatable bonds is 9. The molecule has 1 aliphatic carbocycles. The number of aliphatic hydroxyl groups is 1. The van der Waals surface area contributed by atoms with Gasteiger partial charge in [0.15, 0.2) is 0 Å². The van der Waals surface area contributed by atoms with Gasteiger partial charge >= 0.3 is 0 Å². The average Bonchev–Trinajstić information content (AvgIpc) is 3.06. The van der Waals surface area contributed by atoms with Crippen molar-refractivity contribution in [1.82, 2.24) is 9.80 Å². The van der Waals surface area contributed by atoms with Crippen LogP contribution >= 0.6 is 0 Å². The van der Waals surface area contributed by atoms with Gasteiger partial charge in [0, 0.05) is 43.8 Å². The number of methoxy groups -OCH3 is 1. The Labute approximate surface area is 275 Å². The van der Waals surface area contributed by atoms with Crippen LogP contribution in [-0.4, -0.2) is 85.4 Å². The first-order valence-electron chi connectivity index (χ1n) is 17.1. The van der Waals surface area contributed by atoms with Gasteiger partial charge in [0.1, 0.15) is 11.5 Å². The van der Waals surface area contributed by atoms with Crippen molar-refractivity contribution in [2.24, 2.45) is 11.8 Å². The molecule has 4 atom stereocenters. The van der Waals surface area contributed by atoms with E-state index in [1.807, 2.05) is 32.0 Å². The lowest BCUT2D eigenvalue weighted by atomic mass is 9.88. The zero-order valence-corrected chi connectivity index (χ0v) is 28.5. The average molecular weight is 638 g/mol. The number of carbonyl (C=O) groups excluding carboxylic acids is 2. The molecular weight excluding hydrogens is 582 g/mol. The van der Waals surface area contributed by atoms with E-state index in [9.17, 15) is 14.7 Å². The maximum Gasteiger partial charge on any atom is 0.258 e. The molecule has 2 amide bonds. The van der Waals surface area contributed by atoms with Gasteiger partial charge in [0.2, 0.25) is 5.91 Å². The molecule has 0 aromatic heterocycles. The van der Waals surface area contributed by atoms with Crippen molar-refractivity contribution >= 4 is 17.5 Å². The predicted molar refractivity (Wildman–Crippen MR) is 181 cm³/mol. The molecule has 2 aliphatic rings. The smallest absolute Gasteiger partial charge is 0.258 e. The van der Waals surface area contributed by atoms with Crippen LogP contribution in [-0.2, 0) is 16.1 Å². The molecule has 2 N–H and O–H groups in total. The van der Waals surface area contributed by atoms with Crippen molar-refractivity contribution in [3.63, 3.8) is 0 Å². The molecule has 2 aromatic carbocycles. The van der Waals surface area contributed by atoms with E-state index in [2.05, 4.69) is 36.3 Å². The topological polar surface area (TPSA) is 101 Å². The van der Waals surface area contributed by atoms with Crippen molar-refractivity contribution in [3.05, 3.63) is 53.6 Å². The fourth-order valence-electron chi connectivity index (χ4n) is 6.49. The van der Waals surface area contributed by atoms with Gasteiger partial charge in [-0.1, -0.05) is 38.3 Å². The lowest BCUT2D eigenvalue weighted by Gasteiger charge is -2.36. The molecule has 9 nitrogen and oxygen atoms in total. The number of hydrogen-bond acceptors (Lipinski definition) is 7. The summed E-state index contributed by atoms with van der Waals surface area (Å²) in [5.41, 5.74) is 2.16. The second-order valence-corrected chi connectivity index (χ2v) is 13.4. The molecule has 9 heteroatoms. The first-order valence-corrected chi connectivity index (χ1v) is 17.1. The Morgan fingerprint density at radius 2 is 1.78 bits per heavy atom. The maximum absolute atomic E-state index is 14.4. The minimum absolute atomic E-state index is 0.000868. The molecular formula is C37H55N3O6. The molecule has 254 valence electrons. The number of fused-ring (bicyclic) bond motifs is 1. The van der Waals surface area contributed by atoms with Crippen molar-refractivity contribution in [2.75, 3.05) is 45.8 Å². The Kier molecular flexibility index (Phi) is 13.7. The summed E-state index contributed by atoms with van der Waals surface area (Å²) < 4.78 is 18.2. The Bertz CT molecular complexity index is 1250. The van der Waals surface area contributed by atoms with Gasteiger partial charge in [0.05, 0.1) is 37.5 Å². The van der Waals surface area contributed by atoms with Crippen molar-refractivity contribution in [2.45, 2.75) is 96.9 Å². The third kappa shape index (κ3) is 10.2. The maximum atomic E-state index is 14.4. The summed E-state index contributed by atoms with van der Waals surface area (Å²) in [4.78, 5) is 31.4. The van der Waals surface area contributed by atoms with E-state index in [0.717, 1.165) is 57.2 Å². The Morgan fingerprint density at radius 3 is 2.48 bits per heavy atom. The van der Waals surface area contributed by atoms with Crippen LogP contribution in [0.15, 0.2) is 42.5 Å². The summed E-state index contributed by atoms with van der Waals surface area (Å²) >= 11 is 0. The molecule has 1 heterocycles. The number of amides is 2. The van der Waals surface area contributed by atoms with Crippen LogP contribution in [0.1, 0.15) is 88.1 Å². The van der Waals surface area contributed by atoms with Crippen LogP contribution in [0.4, 0.5) is 5.69 Å². The largest absolute Gasteiger partial charge is 0.497 e. The van der Waals surface area contributed by atoms with Crippen molar-refractivity contribution in [1.29, 1.82) is 0 Å². The second kappa shape index (κ2) is 17.7. The van der Waals surface area contributed by atoms with Crippen molar-refractivity contribution < 1.29 is 28.9 Å². The van der Waals surface area contributed by atoms with Gasteiger partial charge in [-0.05, 0) is 88.9 Å².